The number of non-ortho nitro benzene ring substituents is 1. The van der Waals surface area contributed by atoms with Gasteiger partial charge in [-0.05, 0) is 40.9 Å². The van der Waals surface area contributed by atoms with Gasteiger partial charge >= 0.3 is 0 Å². The first-order chi connectivity index (χ1) is 12.1. The Balaban J connectivity index is 1.75. The molecule has 0 aliphatic carbocycles. The van der Waals surface area contributed by atoms with Crippen molar-refractivity contribution in [2.24, 2.45) is 0 Å². The van der Waals surface area contributed by atoms with E-state index < -0.39 is 4.92 Å². The molecule has 4 rings (SSSR count). The molecule has 1 aliphatic heterocycles. The SMILES string of the molecule is O=C(c1cccc([N+](=O)[O-])c1)N1CCc2sccc2C1c1cccs1. The van der Waals surface area contributed by atoms with E-state index in [0.717, 1.165) is 16.9 Å². The molecule has 126 valence electrons. The summed E-state index contributed by atoms with van der Waals surface area (Å²) in [6.07, 6.45) is 0.815. The molecule has 0 saturated carbocycles. The first-order valence-corrected chi connectivity index (χ1v) is 9.56. The maximum Gasteiger partial charge on any atom is 0.270 e. The van der Waals surface area contributed by atoms with Crippen LogP contribution in [0.1, 0.15) is 31.7 Å². The van der Waals surface area contributed by atoms with Crippen molar-refractivity contribution in [3.05, 3.63) is 84.2 Å². The molecule has 0 fully saturated rings. The van der Waals surface area contributed by atoms with E-state index in [1.54, 1.807) is 34.8 Å². The molecule has 25 heavy (non-hydrogen) atoms. The van der Waals surface area contributed by atoms with E-state index in [0.29, 0.717) is 12.1 Å². The summed E-state index contributed by atoms with van der Waals surface area (Å²) in [5.74, 6) is -0.168. The van der Waals surface area contributed by atoms with Gasteiger partial charge in [-0.25, -0.2) is 0 Å². The number of carbonyl (C=O) groups excluding carboxylic acids is 1. The van der Waals surface area contributed by atoms with E-state index in [1.165, 1.54) is 17.0 Å². The van der Waals surface area contributed by atoms with Crippen LogP contribution in [0.5, 0.6) is 0 Å². The molecule has 0 bridgehead atoms. The lowest BCUT2D eigenvalue weighted by atomic mass is 9.97. The second kappa shape index (κ2) is 6.42. The molecule has 0 saturated heterocycles. The molecule has 1 unspecified atom stereocenters. The van der Waals surface area contributed by atoms with Crippen molar-refractivity contribution in [3.8, 4) is 0 Å². The Morgan fingerprint density at radius 2 is 2.04 bits per heavy atom. The first kappa shape index (κ1) is 16.0. The minimum absolute atomic E-state index is 0.0632. The van der Waals surface area contributed by atoms with Crippen molar-refractivity contribution < 1.29 is 9.72 Å². The van der Waals surface area contributed by atoms with Crippen LogP contribution in [0.25, 0.3) is 0 Å². The maximum absolute atomic E-state index is 13.1. The number of nitro benzene ring substituents is 1. The molecule has 1 aromatic carbocycles. The Kier molecular flexibility index (Phi) is 4.10. The van der Waals surface area contributed by atoms with Crippen molar-refractivity contribution >= 4 is 34.3 Å². The van der Waals surface area contributed by atoms with E-state index in [1.807, 2.05) is 22.4 Å². The second-order valence-electron chi connectivity index (χ2n) is 5.77. The highest BCUT2D eigenvalue weighted by molar-refractivity contribution is 7.10. The summed E-state index contributed by atoms with van der Waals surface area (Å²) in [6, 6.07) is 11.9. The van der Waals surface area contributed by atoms with Gasteiger partial charge in [0.15, 0.2) is 0 Å². The van der Waals surface area contributed by atoms with Gasteiger partial charge in [0, 0.05) is 34.0 Å². The highest BCUT2D eigenvalue weighted by Gasteiger charge is 2.34. The fourth-order valence-electron chi connectivity index (χ4n) is 3.21. The minimum atomic E-state index is -0.472. The third-order valence-electron chi connectivity index (χ3n) is 4.34. The molecule has 1 amide bonds. The zero-order valence-electron chi connectivity index (χ0n) is 13.1. The summed E-state index contributed by atoms with van der Waals surface area (Å²) < 4.78 is 0. The van der Waals surface area contributed by atoms with Gasteiger partial charge < -0.3 is 4.90 Å². The van der Waals surface area contributed by atoms with Crippen LogP contribution in [-0.2, 0) is 6.42 Å². The van der Waals surface area contributed by atoms with E-state index in [2.05, 4.69) is 11.4 Å². The predicted molar refractivity (Wildman–Crippen MR) is 98.3 cm³/mol. The molecule has 1 atom stereocenters. The van der Waals surface area contributed by atoms with E-state index >= 15 is 0 Å². The topological polar surface area (TPSA) is 63.4 Å². The molecule has 5 nitrogen and oxygen atoms in total. The van der Waals surface area contributed by atoms with Crippen LogP contribution in [0.15, 0.2) is 53.2 Å². The van der Waals surface area contributed by atoms with Gasteiger partial charge in [-0.1, -0.05) is 12.1 Å². The van der Waals surface area contributed by atoms with E-state index in [9.17, 15) is 14.9 Å². The van der Waals surface area contributed by atoms with Gasteiger partial charge in [0.25, 0.3) is 11.6 Å². The molecule has 2 aromatic heterocycles. The van der Waals surface area contributed by atoms with Crippen LogP contribution in [0, 0.1) is 10.1 Å². The largest absolute Gasteiger partial charge is 0.326 e. The van der Waals surface area contributed by atoms with E-state index in [4.69, 9.17) is 0 Å². The fraction of sp³-hybridized carbons (Fsp3) is 0.167. The van der Waals surface area contributed by atoms with Gasteiger partial charge in [-0.15, -0.1) is 22.7 Å². The van der Waals surface area contributed by atoms with Gasteiger partial charge in [-0.2, -0.15) is 0 Å². The number of carbonyl (C=O) groups is 1. The summed E-state index contributed by atoms with van der Waals surface area (Å²) in [4.78, 5) is 27.9. The summed E-state index contributed by atoms with van der Waals surface area (Å²) >= 11 is 3.34. The fourth-order valence-corrected chi connectivity index (χ4v) is 4.97. The molecule has 1 aliphatic rings. The highest BCUT2D eigenvalue weighted by atomic mass is 32.1. The number of rotatable bonds is 3. The normalized spacial score (nSPS) is 16.5. The van der Waals surface area contributed by atoms with Gasteiger partial charge in [0.1, 0.15) is 0 Å². The lowest BCUT2D eigenvalue weighted by Gasteiger charge is -2.35. The number of nitrogens with zero attached hydrogens (tertiary/aromatic N) is 2. The number of nitro groups is 1. The molecule has 3 aromatic rings. The van der Waals surface area contributed by atoms with Crippen LogP contribution in [0.2, 0.25) is 0 Å². The minimum Gasteiger partial charge on any atom is -0.326 e. The molecule has 7 heteroatoms. The molecule has 0 radical (unpaired) electrons. The zero-order valence-corrected chi connectivity index (χ0v) is 14.8. The summed E-state index contributed by atoms with van der Waals surface area (Å²) in [5, 5.41) is 15.1. The molecule has 0 spiro atoms. The lowest BCUT2D eigenvalue weighted by molar-refractivity contribution is -0.384. The average molecular weight is 370 g/mol. The van der Waals surface area contributed by atoms with Crippen molar-refractivity contribution in [1.29, 1.82) is 0 Å². The molecular weight excluding hydrogens is 356 g/mol. The number of amides is 1. The lowest BCUT2D eigenvalue weighted by Crippen LogP contribution is -2.39. The zero-order chi connectivity index (χ0) is 17.4. The van der Waals surface area contributed by atoms with Crippen molar-refractivity contribution in [3.63, 3.8) is 0 Å². The maximum atomic E-state index is 13.1. The quantitative estimate of drug-likeness (QED) is 0.503. The molecular formula is C18H14N2O3S2. The smallest absolute Gasteiger partial charge is 0.270 e. The second-order valence-corrected chi connectivity index (χ2v) is 7.75. The number of hydrogen-bond acceptors (Lipinski definition) is 5. The third-order valence-corrected chi connectivity index (χ3v) is 6.26. The van der Waals surface area contributed by atoms with Crippen molar-refractivity contribution in [2.75, 3.05) is 6.54 Å². The number of thiophene rings is 2. The average Bonchev–Trinajstić information content (AvgIpc) is 3.31. The highest BCUT2D eigenvalue weighted by Crippen LogP contribution is 2.40. The Morgan fingerprint density at radius 3 is 2.80 bits per heavy atom. The summed E-state index contributed by atoms with van der Waals surface area (Å²) in [7, 11) is 0. The standard InChI is InChI=1S/C18H14N2O3S2/c21-18(12-3-1-4-13(11-12)20(22)23)19-8-6-15-14(7-10-25-15)17(19)16-5-2-9-24-16/h1-5,7,9-11,17H,6,8H2. The third kappa shape index (κ3) is 2.85. The predicted octanol–water partition coefficient (Wildman–Crippen LogP) is 4.51. The monoisotopic (exact) mass is 370 g/mol. The van der Waals surface area contributed by atoms with E-state index in [-0.39, 0.29) is 17.6 Å². The van der Waals surface area contributed by atoms with Crippen LogP contribution in [0.4, 0.5) is 5.69 Å². The first-order valence-electron chi connectivity index (χ1n) is 7.80. The Labute approximate surface area is 152 Å². The summed E-state index contributed by atoms with van der Waals surface area (Å²) in [6.45, 7) is 0.609. The Morgan fingerprint density at radius 1 is 1.16 bits per heavy atom. The summed E-state index contributed by atoms with van der Waals surface area (Å²) in [5.41, 5.74) is 1.46. The Bertz CT molecular complexity index is 933. The van der Waals surface area contributed by atoms with Crippen LogP contribution < -0.4 is 0 Å². The number of fused-ring (bicyclic) bond motifs is 1. The molecule has 3 heterocycles. The van der Waals surface area contributed by atoms with Crippen LogP contribution in [-0.4, -0.2) is 22.3 Å². The molecule has 0 N–H and O–H groups in total. The van der Waals surface area contributed by atoms with Crippen molar-refractivity contribution in [2.45, 2.75) is 12.5 Å². The van der Waals surface area contributed by atoms with Crippen molar-refractivity contribution in [1.82, 2.24) is 4.90 Å². The van der Waals surface area contributed by atoms with Crippen LogP contribution >= 0.6 is 22.7 Å². The van der Waals surface area contributed by atoms with Gasteiger partial charge in [0.2, 0.25) is 0 Å². The van der Waals surface area contributed by atoms with Crippen LogP contribution in [0.3, 0.4) is 0 Å². The van der Waals surface area contributed by atoms with Gasteiger partial charge in [-0.3, -0.25) is 14.9 Å². The van der Waals surface area contributed by atoms with Gasteiger partial charge in [0.05, 0.1) is 11.0 Å². The number of benzene rings is 1. The number of hydrogen-bond donors (Lipinski definition) is 0. The Hall–Kier alpha value is -2.51.